The van der Waals surface area contributed by atoms with Gasteiger partial charge in [-0.25, -0.2) is 17.2 Å². The third kappa shape index (κ3) is 2.94. The second-order valence-corrected chi connectivity index (χ2v) is 5.74. The first-order valence-corrected chi connectivity index (χ1v) is 7.18. The molecule has 2 aromatic carbocycles. The summed E-state index contributed by atoms with van der Waals surface area (Å²) in [7, 11) is -3.98. The van der Waals surface area contributed by atoms with Crippen molar-refractivity contribution in [3.05, 3.63) is 59.7 Å². The normalized spacial score (nSPS) is 11.3. The summed E-state index contributed by atoms with van der Waals surface area (Å²) in [4.78, 5) is -0.0571. The zero-order valence-corrected chi connectivity index (χ0v) is 11.1. The first kappa shape index (κ1) is 14.4. The van der Waals surface area contributed by atoms with Crippen molar-refractivity contribution >= 4 is 15.7 Å². The third-order valence-corrected chi connectivity index (χ3v) is 4.05. The van der Waals surface area contributed by atoms with Crippen molar-refractivity contribution in [2.24, 2.45) is 5.73 Å². The van der Waals surface area contributed by atoms with E-state index in [1.165, 1.54) is 18.2 Å². The van der Waals surface area contributed by atoms with Crippen molar-refractivity contribution in [2.75, 3.05) is 4.72 Å². The van der Waals surface area contributed by atoms with E-state index in [1.54, 1.807) is 12.1 Å². The van der Waals surface area contributed by atoms with Crippen molar-refractivity contribution in [2.45, 2.75) is 11.4 Å². The summed E-state index contributed by atoms with van der Waals surface area (Å²) in [6.45, 7) is 0.284. The molecule has 0 amide bonds. The van der Waals surface area contributed by atoms with E-state index >= 15 is 0 Å². The fourth-order valence-electron chi connectivity index (χ4n) is 1.59. The van der Waals surface area contributed by atoms with Gasteiger partial charge in [-0.1, -0.05) is 18.2 Å². The van der Waals surface area contributed by atoms with Crippen molar-refractivity contribution in [1.29, 1.82) is 0 Å². The summed E-state index contributed by atoms with van der Waals surface area (Å²) in [6.07, 6.45) is 0. The van der Waals surface area contributed by atoms with Crippen LogP contribution < -0.4 is 10.5 Å². The van der Waals surface area contributed by atoms with Gasteiger partial charge < -0.3 is 5.73 Å². The van der Waals surface area contributed by atoms with Gasteiger partial charge in [0, 0.05) is 6.54 Å². The quantitative estimate of drug-likeness (QED) is 0.909. The summed E-state index contributed by atoms with van der Waals surface area (Å²) in [6, 6.07) is 9.07. The van der Waals surface area contributed by atoms with E-state index in [-0.39, 0.29) is 11.4 Å². The van der Waals surface area contributed by atoms with E-state index in [2.05, 4.69) is 0 Å². The van der Waals surface area contributed by atoms with E-state index in [0.29, 0.717) is 0 Å². The third-order valence-electron chi connectivity index (χ3n) is 2.67. The van der Waals surface area contributed by atoms with E-state index < -0.39 is 27.3 Å². The Morgan fingerprint density at radius 3 is 2.30 bits per heavy atom. The smallest absolute Gasteiger partial charge is 0.261 e. The largest absolute Gasteiger partial charge is 0.326 e. The molecule has 20 heavy (non-hydrogen) atoms. The Hall–Kier alpha value is -1.99. The predicted octanol–water partition coefficient (Wildman–Crippen LogP) is 2.22. The number of nitrogens with one attached hydrogen (secondary N) is 1. The molecule has 0 aliphatic heterocycles. The van der Waals surface area contributed by atoms with Gasteiger partial charge in [0.25, 0.3) is 10.0 Å². The molecule has 0 fully saturated rings. The van der Waals surface area contributed by atoms with Crippen LogP contribution >= 0.6 is 0 Å². The fourth-order valence-corrected chi connectivity index (χ4v) is 2.65. The lowest BCUT2D eigenvalue weighted by atomic mass is 10.2. The number of hydrogen-bond donors (Lipinski definition) is 2. The molecule has 0 saturated heterocycles. The van der Waals surface area contributed by atoms with Crippen LogP contribution in [0.3, 0.4) is 0 Å². The van der Waals surface area contributed by atoms with Crippen LogP contribution in [0, 0.1) is 11.6 Å². The minimum Gasteiger partial charge on any atom is -0.326 e. The number of sulfonamides is 1. The van der Waals surface area contributed by atoms with Gasteiger partial charge in [-0.15, -0.1) is 0 Å². The minimum absolute atomic E-state index is 0.0571. The molecule has 2 aromatic rings. The van der Waals surface area contributed by atoms with Gasteiger partial charge in [-0.05, 0) is 29.8 Å². The van der Waals surface area contributed by atoms with E-state index in [4.69, 9.17) is 5.73 Å². The molecule has 0 heterocycles. The predicted molar refractivity (Wildman–Crippen MR) is 71.5 cm³/mol. The number of anilines is 1. The van der Waals surface area contributed by atoms with E-state index in [0.717, 1.165) is 17.7 Å². The molecular weight excluding hydrogens is 286 g/mol. The Balaban J connectivity index is 2.33. The average molecular weight is 298 g/mol. The Kier molecular flexibility index (Phi) is 4.01. The van der Waals surface area contributed by atoms with Crippen molar-refractivity contribution < 1.29 is 17.2 Å². The lowest BCUT2D eigenvalue weighted by molar-refractivity contribution is 0.511. The lowest BCUT2D eigenvalue weighted by Gasteiger charge is -2.09. The Morgan fingerprint density at radius 1 is 1.05 bits per heavy atom. The zero-order valence-electron chi connectivity index (χ0n) is 10.3. The number of halogens is 2. The zero-order chi connectivity index (χ0) is 14.8. The molecule has 0 bridgehead atoms. The SMILES string of the molecule is NCc1ccc(S(=O)(=O)Nc2cccc(F)c2F)cc1. The van der Waals surface area contributed by atoms with Gasteiger partial charge in [-0.3, -0.25) is 4.72 Å². The maximum atomic E-state index is 13.4. The maximum Gasteiger partial charge on any atom is 0.261 e. The standard InChI is InChI=1S/C13H12F2N2O2S/c14-11-2-1-3-12(13(11)15)17-20(18,19)10-6-4-9(8-16)5-7-10/h1-7,17H,8,16H2. The van der Waals surface area contributed by atoms with Crippen LogP contribution in [0.4, 0.5) is 14.5 Å². The number of rotatable bonds is 4. The van der Waals surface area contributed by atoms with Crippen LogP contribution in [0.2, 0.25) is 0 Å². The molecule has 0 aliphatic rings. The summed E-state index contributed by atoms with van der Waals surface area (Å²) >= 11 is 0. The van der Waals surface area contributed by atoms with Crippen molar-refractivity contribution in [1.82, 2.24) is 0 Å². The van der Waals surface area contributed by atoms with Crippen LogP contribution in [0.5, 0.6) is 0 Å². The van der Waals surface area contributed by atoms with Crippen molar-refractivity contribution in [3.8, 4) is 0 Å². The molecule has 0 spiro atoms. The minimum atomic E-state index is -3.98. The molecule has 4 nitrogen and oxygen atoms in total. The van der Waals surface area contributed by atoms with Gasteiger partial charge in [0.05, 0.1) is 10.6 Å². The Bertz CT molecular complexity index is 716. The van der Waals surface area contributed by atoms with E-state index in [9.17, 15) is 17.2 Å². The highest BCUT2D eigenvalue weighted by Gasteiger charge is 2.17. The lowest BCUT2D eigenvalue weighted by Crippen LogP contribution is -2.14. The number of nitrogens with two attached hydrogens (primary N) is 1. The topological polar surface area (TPSA) is 72.2 Å². The van der Waals surface area contributed by atoms with Crippen LogP contribution in [-0.4, -0.2) is 8.42 Å². The maximum absolute atomic E-state index is 13.4. The van der Waals surface area contributed by atoms with Gasteiger partial charge >= 0.3 is 0 Å². The second-order valence-electron chi connectivity index (χ2n) is 4.05. The number of hydrogen-bond acceptors (Lipinski definition) is 3. The average Bonchev–Trinajstić information content (AvgIpc) is 2.44. The molecular formula is C13H12F2N2O2S. The highest BCUT2D eigenvalue weighted by molar-refractivity contribution is 7.92. The van der Waals surface area contributed by atoms with E-state index in [1.807, 2.05) is 4.72 Å². The summed E-state index contributed by atoms with van der Waals surface area (Å²) < 4.78 is 52.6. The fraction of sp³-hybridized carbons (Fsp3) is 0.0769. The molecule has 0 saturated carbocycles. The molecule has 0 atom stereocenters. The molecule has 0 unspecified atom stereocenters. The summed E-state index contributed by atoms with van der Waals surface area (Å²) in [5, 5.41) is 0. The molecule has 7 heteroatoms. The molecule has 0 aliphatic carbocycles. The van der Waals surface area contributed by atoms with Crippen LogP contribution in [-0.2, 0) is 16.6 Å². The molecule has 3 N–H and O–H groups in total. The molecule has 0 aromatic heterocycles. The Labute approximate surface area is 115 Å². The first-order valence-electron chi connectivity index (χ1n) is 5.70. The highest BCUT2D eigenvalue weighted by Crippen LogP contribution is 2.21. The van der Waals surface area contributed by atoms with Crippen LogP contribution in [0.25, 0.3) is 0 Å². The second kappa shape index (κ2) is 5.56. The molecule has 2 rings (SSSR count). The van der Waals surface area contributed by atoms with Crippen LogP contribution in [0.15, 0.2) is 47.4 Å². The monoisotopic (exact) mass is 298 g/mol. The molecule has 106 valence electrons. The first-order chi connectivity index (χ1) is 9.44. The Morgan fingerprint density at radius 2 is 1.70 bits per heavy atom. The van der Waals surface area contributed by atoms with Gasteiger partial charge in [0.15, 0.2) is 11.6 Å². The van der Waals surface area contributed by atoms with Crippen LogP contribution in [0.1, 0.15) is 5.56 Å². The highest BCUT2D eigenvalue weighted by atomic mass is 32.2. The molecule has 0 radical (unpaired) electrons. The number of benzene rings is 2. The van der Waals surface area contributed by atoms with Gasteiger partial charge in [-0.2, -0.15) is 0 Å². The van der Waals surface area contributed by atoms with Gasteiger partial charge in [0.2, 0.25) is 0 Å². The van der Waals surface area contributed by atoms with Gasteiger partial charge in [0.1, 0.15) is 0 Å². The van der Waals surface area contributed by atoms with Crippen molar-refractivity contribution in [3.63, 3.8) is 0 Å². The summed E-state index contributed by atoms with van der Waals surface area (Å²) in [5.41, 5.74) is 5.74. The summed E-state index contributed by atoms with van der Waals surface area (Å²) in [5.74, 6) is -2.36.